The second-order valence-electron chi connectivity index (χ2n) is 21.3. The van der Waals surface area contributed by atoms with Crippen molar-refractivity contribution in [3.8, 4) is 22.5 Å². The highest BCUT2D eigenvalue weighted by molar-refractivity contribution is 9.10. The first kappa shape index (κ1) is 48.9. The third-order valence-corrected chi connectivity index (χ3v) is 11.0. The van der Waals surface area contributed by atoms with Gasteiger partial charge in [0.25, 0.3) is 0 Å². The normalized spacial score (nSPS) is 15.3. The predicted molar refractivity (Wildman–Crippen MR) is 258 cm³/mol. The van der Waals surface area contributed by atoms with Crippen molar-refractivity contribution in [2.24, 2.45) is 0 Å². The Kier molecular flexibility index (Phi) is 16.2. The number of carbonyl (C=O) groups excluding carboxylic acids is 1. The fourth-order valence-corrected chi connectivity index (χ4v) is 7.02. The summed E-state index contributed by atoms with van der Waals surface area (Å²) in [6, 6.07) is 26.3. The summed E-state index contributed by atoms with van der Waals surface area (Å²) in [4.78, 5) is 25.2. The van der Waals surface area contributed by atoms with Crippen LogP contribution in [0.4, 0.5) is 10.6 Å². The Hall–Kier alpha value is -3.79. The smallest absolute Gasteiger partial charge is 0.410 e. The van der Waals surface area contributed by atoms with Crippen LogP contribution in [0.3, 0.4) is 0 Å². The van der Waals surface area contributed by atoms with Crippen molar-refractivity contribution >= 4 is 27.8 Å². The molecule has 2 aromatic heterocycles. The van der Waals surface area contributed by atoms with Crippen LogP contribution in [0, 0.1) is 0 Å². The van der Waals surface area contributed by atoms with Crippen LogP contribution in [-0.2, 0) is 26.4 Å². The molecule has 2 N–H and O–H groups in total. The first-order chi connectivity index (χ1) is 27.7. The number of piperazine rings is 2. The highest BCUT2D eigenvalue weighted by atomic mass is 79.9. The number of nitrogens with zero attached hydrogens (tertiary/aromatic N) is 4. The number of hydrogen-bond acceptors (Lipinski definition) is 7. The van der Waals surface area contributed by atoms with E-state index in [9.17, 15) is 4.79 Å². The number of pyridine rings is 2. The first-order valence-electron chi connectivity index (χ1n) is 21.8. The summed E-state index contributed by atoms with van der Waals surface area (Å²) in [5.74, 6) is 1.09. The minimum atomic E-state index is -0.387. The fourth-order valence-electron chi connectivity index (χ4n) is 6.68. The van der Waals surface area contributed by atoms with Gasteiger partial charge in [-0.2, -0.15) is 0 Å². The number of amides is 1. The van der Waals surface area contributed by atoms with Crippen LogP contribution in [-0.4, -0.2) is 78.9 Å². The molecular formula is C51H75BrN6O2. The molecule has 8 nitrogen and oxygen atoms in total. The lowest BCUT2D eigenvalue weighted by Crippen LogP contribution is -2.48. The molecule has 2 aliphatic heterocycles. The SMILES string of the molecule is CC(C)(C)OC(=O)N1CCNCC1.CC(C)(C)c1cc(-c2cccc(Br)n2)cc(C(C)(C)C)c1.CC(C)(C)c1cc(-c2cccc(N3CCNCC3)n2)cc(C(C)(C)C)c1. The van der Waals surface area contributed by atoms with Gasteiger partial charge in [-0.3, -0.25) is 0 Å². The molecule has 0 saturated carbocycles. The Morgan fingerprint density at radius 3 is 1.32 bits per heavy atom. The van der Waals surface area contributed by atoms with Gasteiger partial charge in [-0.05, 0) is 129 Å². The average molecular weight is 884 g/mol. The monoisotopic (exact) mass is 883 g/mol. The lowest BCUT2D eigenvalue weighted by molar-refractivity contribution is 0.0229. The molecule has 4 aromatic rings. The predicted octanol–water partition coefficient (Wildman–Crippen LogP) is 11.7. The van der Waals surface area contributed by atoms with E-state index in [4.69, 9.17) is 9.72 Å². The van der Waals surface area contributed by atoms with Crippen molar-refractivity contribution in [3.05, 3.63) is 99.7 Å². The summed E-state index contributed by atoms with van der Waals surface area (Å²) >= 11 is 3.46. The highest BCUT2D eigenvalue weighted by Crippen LogP contribution is 2.35. The molecular weight excluding hydrogens is 809 g/mol. The topological polar surface area (TPSA) is 82.6 Å². The van der Waals surface area contributed by atoms with Gasteiger partial charge >= 0.3 is 6.09 Å². The molecule has 0 unspecified atom stereocenters. The maximum atomic E-state index is 11.5. The molecule has 60 heavy (non-hydrogen) atoms. The van der Waals surface area contributed by atoms with E-state index in [-0.39, 0.29) is 33.4 Å². The number of benzene rings is 2. The standard InChI is InChI=1S/C23H33N3.C19H24BrN.C9H18N2O2/c1-22(2,3)18-14-17(15-19(16-18)23(4,5)6)20-8-7-9-21(25-20)26-12-10-24-11-13-26;1-18(2,3)14-10-13(11-15(12-14)19(4,5)6)16-8-7-9-17(20)21-16;1-9(2,3)13-8(12)11-6-4-10-5-7-11/h7-9,14-16,24H,10-13H2,1-6H3;7-12H,1-6H3;10H,4-7H2,1-3H3. The van der Waals surface area contributed by atoms with Crippen molar-refractivity contribution in [1.82, 2.24) is 25.5 Å². The van der Waals surface area contributed by atoms with E-state index >= 15 is 0 Å². The maximum Gasteiger partial charge on any atom is 0.410 e. The number of carbonyl (C=O) groups is 1. The second kappa shape index (κ2) is 19.9. The Balaban J connectivity index is 0.000000210. The lowest BCUT2D eigenvalue weighted by atomic mass is 9.79. The summed E-state index contributed by atoms with van der Waals surface area (Å²) in [5, 5.41) is 6.59. The van der Waals surface area contributed by atoms with Gasteiger partial charge in [-0.15, -0.1) is 0 Å². The van der Waals surface area contributed by atoms with Crippen LogP contribution < -0.4 is 15.5 Å². The Morgan fingerprint density at radius 1 is 0.550 bits per heavy atom. The third-order valence-electron chi connectivity index (χ3n) is 10.6. The van der Waals surface area contributed by atoms with E-state index in [1.807, 2.05) is 32.9 Å². The molecule has 328 valence electrons. The van der Waals surface area contributed by atoms with E-state index in [1.54, 1.807) is 4.90 Å². The molecule has 2 fully saturated rings. The number of halogens is 1. The van der Waals surface area contributed by atoms with Gasteiger partial charge in [0.1, 0.15) is 16.0 Å². The van der Waals surface area contributed by atoms with Crippen LogP contribution in [0.1, 0.15) is 126 Å². The van der Waals surface area contributed by atoms with Gasteiger partial charge in [0, 0.05) is 63.5 Å². The molecule has 9 heteroatoms. The van der Waals surface area contributed by atoms with E-state index in [0.717, 1.165) is 74.2 Å². The van der Waals surface area contributed by atoms with E-state index in [0.29, 0.717) is 0 Å². The summed E-state index contributed by atoms with van der Waals surface area (Å²) in [6.45, 7) is 40.2. The molecule has 0 radical (unpaired) electrons. The van der Waals surface area contributed by atoms with Gasteiger partial charge in [0.2, 0.25) is 0 Å². The fraction of sp³-hybridized carbons (Fsp3) is 0.549. The van der Waals surface area contributed by atoms with Crippen LogP contribution in [0.5, 0.6) is 0 Å². The average Bonchev–Trinajstić information content (AvgIpc) is 3.17. The Bertz CT molecular complexity index is 1950. The Labute approximate surface area is 371 Å². The molecule has 4 heterocycles. The van der Waals surface area contributed by atoms with Gasteiger partial charge in [0.15, 0.2) is 0 Å². The minimum Gasteiger partial charge on any atom is -0.444 e. The van der Waals surface area contributed by atoms with Crippen LogP contribution in [0.25, 0.3) is 22.5 Å². The second-order valence-corrected chi connectivity index (χ2v) is 22.1. The number of rotatable bonds is 3. The molecule has 0 aliphatic carbocycles. The molecule has 2 aliphatic rings. The minimum absolute atomic E-state index is 0.117. The number of hydrogen-bond donors (Lipinski definition) is 2. The lowest BCUT2D eigenvalue weighted by Gasteiger charge is -2.30. The Morgan fingerprint density at radius 2 is 0.933 bits per heavy atom. The van der Waals surface area contributed by atoms with Gasteiger partial charge in [-0.1, -0.05) is 107 Å². The number of aromatic nitrogens is 2. The molecule has 6 rings (SSSR count). The van der Waals surface area contributed by atoms with Crippen molar-refractivity contribution in [2.45, 2.75) is 131 Å². The molecule has 1 amide bonds. The largest absolute Gasteiger partial charge is 0.444 e. The molecule has 0 atom stereocenters. The zero-order valence-corrected chi connectivity index (χ0v) is 41.2. The van der Waals surface area contributed by atoms with Gasteiger partial charge in [0.05, 0.1) is 11.4 Å². The van der Waals surface area contributed by atoms with Crippen LogP contribution in [0.15, 0.2) is 77.4 Å². The zero-order valence-electron chi connectivity index (χ0n) is 39.6. The van der Waals surface area contributed by atoms with E-state index < -0.39 is 0 Å². The van der Waals surface area contributed by atoms with E-state index in [1.165, 1.54) is 33.4 Å². The van der Waals surface area contributed by atoms with Crippen LogP contribution >= 0.6 is 15.9 Å². The van der Waals surface area contributed by atoms with Crippen molar-refractivity contribution in [1.29, 1.82) is 0 Å². The quantitative estimate of drug-likeness (QED) is 0.198. The molecule has 2 saturated heterocycles. The zero-order chi connectivity index (χ0) is 44.7. The first-order valence-corrected chi connectivity index (χ1v) is 22.6. The summed E-state index contributed by atoms with van der Waals surface area (Å²) in [5.41, 5.74) is 10.0. The van der Waals surface area contributed by atoms with E-state index in [2.05, 4.69) is 180 Å². The van der Waals surface area contributed by atoms with Crippen molar-refractivity contribution in [2.75, 3.05) is 57.3 Å². The summed E-state index contributed by atoms with van der Waals surface area (Å²) in [7, 11) is 0. The van der Waals surface area contributed by atoms with Crippen LogP contribution in [0.2, 0.25) is 0 Å². The van der Waals surface area contributed by atoms with Crippen molar-refractivity contribution in [3.63, 3.8) is 0 Å². The molecule has 2 aromatic carbocycles. The maximum absolute atomic E-state index is 11.5. The highest BCUT2D eigenvalue weighted by Gasteiger charge is 2.25. The number of nitrogens with one attached hydrogen (secondary N) is 2. The molecule has 0 bridgehead atoms. The third kappa shape index (κ3) is 15.0. The summed E-state index contributed by atoms with van der Waals surface area (Å²) < 4.78 is 6.11. The van der Waals surface area contributed by atoms with Gasteiger partial charge < -0.3 is 25.2 Å². The van der Waals surface area contributed by atoms with Gasteiger partial charge in [-0.25, -0.2) is 14.8 Å². The summed E-state index contributed by atoms with van der Waals surface area (Å²) in [6.07, 6.45) is -0.200. The number of anilines is 1. The van der Waals surface area contributed by atoms with Crippen molar-refractivity contribution < 1.29 is 9.53 Å². The number of ether oxygens (including phenoxy) is 1. The molecule has 0 spiro atoms.